The van der Waals surface area contributed by atoms with Crippen LogP contribution in [0.1, 0.15) is 43.5 Å². The van der Waals surface area contributed by atoms with Gasteiger partial charge >= 0.3 is 5.97 Å². The van der Waals surface area contributed by atoms with Crippen LogP contribution in [-0.4, -0.2) is 65.9 Å². The molecular weight excluding hydrogens is 412 g/mol. The fraction of sp³-hybridized carbons (Fsp3) is 0.316. The number of nitrogens with zero attached hydrogens (tertiary/aromatic N) is 2. The molecule has 0 saturated carbocycles. The molecule has 1 atom stereocenters. The number of carbonyl (C=O) groups is 3. The van der Waals surface area contributed by atoms with Crippen molar-refractivity contribution in [3.8, 4) is 0 Å². The second-order valence-electron chi connectivity index (χ2n) is 6.38. The van der Waals surface area contributed by atoms with Gasteiger partial charge in [-0.3, -0.25) is 19.6 Å². The third kappa shape index (κ3) is 6.52. The molecule has 2 heterocycles. The maximum absolute atomic E-state index is 12.4. The molecule has 2 aromatic heterocycles. The number of pyridine rings is 2. The number of hydrogen-bond donors (Lipinski definition) is 7. The van der Waals surface area contributed by atoms with E-state index < -0.39 is 56.8 Å². The first-order chi connectivity index (χ1) is 14.8. The van der Waals surface area contributed by atoms with Crippen LogP contribution in [0, 0.1) is 0 Å². The van der Waals surface area contributed by atoms with Gasteiger partial charge in [-0.25, -0.2) is 4.79 Å². The monoisotopic (exact) mass is 434 g/mol. The Morgan fingerprint density at radius 3 is 1.48 bits per heavy atom. The summed E-state index contributed by atoms with van der Waals surface area (Å²) < 4.78 is 0. The van der Waals surface area contributed by atoms with Gasteiger partial charge in [0.2, 0.25) is 0 Å². The van der Waals surface area contributed by atoms with E-state index in [0.717, 1.165) is 0 Å². The Labute approximate surface area is 176 Å². The fourth-order valence-electron chi connectivity index (χ4n) is 2.62. The molecule has 0 bridgehead atoms. The highest BCUT2D eigenvalue weighted by molar-refractivity contribution is 5.97. The topological polar surface area (TPSA) is 202 Å². The van der Waals surface area contributed by atoms with Gasteiger partial charge in [0.15, 0.2) is 0 Å². The summed E-state index contributed by atoms with van der Waals surface area (Å²) in [6.45, 7) is -2.34. The average Bonchev–Trinajstić information content (AvgIpc) is 2.80. The number of hydrogen-bond acceptors (Lipinski definition) is 9. The Kier molecular flexibility index (Phi) is 8.52. The maximum Gasteiger partial charge on any atom is 0.328 e. The third-order valence-corrected chi connectivity index (χ3v) is 4.11. The minimum absolute atomic E-state index is 0.0185. The number of rotatable bonds is 10. The van der Waals surface area contributed by atoms with Gasteiger partial charge in [-0.05, 0) is 24.3 Å². The first-order valence-corrected chi connectivity index (χ1v) is 9.06. The number of aliphatic hydroxyl groups is 4. The molecule has 2 amide bonds. The largest absolute Gasteiger partial charge is 0.480 e. The van der Waals surface area contributed by atoms with Crippen molar-refractivity contribution in [3.05, 3.63) is 58.2 Å². The summed E-state index contributed by atoms with van der Waals surface area (Å²) >= 11 is 0. The Bertz CT molecular complexity index is 921. The van der Waals surface area contributed by atoms with Crippen LogP contribution in [0.15, 0.2) is 24.3 Å². The molecule has 1 unspecified atom stereocenters. The first-order valence-electron chi connectivity index (χ1n) is 9.06. The number of aliphatic carboxylic acids is 1. The van der Waals surface area contributed by atoms with Gasteiger partial charge in [0.05, 0.1) is 49.2 Å². The average molecular weight is 434 g/mol. The van der Waals surface area contributed by atoms with Crippen molar-refractivity contribution in [2.45, 2.75) is 32.5 Å². The number of aliphatic hydroxyl groups excluding tert-OH is 4. The molecule has 31 heavy (non-hydrogen) atoms. The van der Waals surface area contributed by atoms with Gasteiger partial charge in [0, 0.05) is 17.7 Å². The normalized spacial score (nSPS) is 11.6. The number of amides is 2. The van der Waals surface area contributed by atoms with E-state index in [0.29, 0.717) is 0 Å². The maximum atomic E-state index is 12.4. The molecule has 0 aliphatic carbocycles. The van der Waals surface area contributed by atoms with Gasteiger partial charge in [0.1, 0.15) is 6.04 Å². The van der Waals surface area contributed by atoms with Crippen molar-refractivity contribution in [2.75, 3.05) is 6.54 Å². The molecule has 0 fully saturated rings. The zero-order valence-electron chi connectivity index (χ0n) is 16.3. The quantitative estimate of drug-likeness (QED) is 0.220. The van der Waals surface area contributed by atoms with E-state index in [1.807, 2.05) is 0 Å². The van der Waals surface area contributed by atoms with Crippen molar-refractivity contribution in [1.29, 1.82) is 0 Å². The van der Waals surface area contributed by atoms with Crippen LogP contribution < -0.4 is 10.6 Å². The smallest absolute Gasteiger partial charge is 0.328 e. The van der Waals surface area contributed by atoms with E-state index >= 15 is 0 Å². The number of carboxylic acids is 1. The molecule has 2 rings (SSSR count). The molecule has 0 radical (unpaired) electrons. The lowest BCUT2D eigenvalue weighted by molar-refractivity contribution is -0.139. The highest BCUT2D eigenvalue weighted by Crippen LogP contribution is 2.09. The Morgan fingerprint density at radius 1 is 0.742 bits per heavy atom. The molecule has 2 aromatic rings. The summed E-state index contributed by atoms with van der Waals surface area (Å²) in [6, 6.07) is 3.57. The lowest BCUT2D eigenvalue weighted by Crippen LogP contribution is -2.48. The van der Waals surface area contributed by atoms with E-state index in [1.165, 1.54) is 24.3 Å². The van der Waals surface area contributed by atoms with Gasteiger partial charge in [-0.1, -0.05) is 0 Å². The summed E-state index contributed by atoms with van der Waals surface area (Å²) in [6.07, 6.45) is 0. The highest BCUT2D eigenvalue weighted by atomic mass is 16.4. The van der Waals surface area contributed by atoms with Crippen molar-refractivity contribution in [1.82, 2.24) is 20.6 Å². The molecule has 0 aromatic carbocycles. The van der Waals surface area contributed by atoms with E-state index in [2.05, 4.69) is 20.6 Å². The lowest BCUT2D eigenvalue weighted by atomic mass is 10.1. The Hall–Kier alpha value is -3.45. The number of nitrogens with one attached hydrogen (secondary N) is 2. The highest BCUT2D eigenvalue weighted by Gasteiger charge is 2.23. The molecule has 12 heteroatoms. The molecule has 0 spiro atoms. The van der Waals surface area contributed by atoms with Crippen molar-refractivity contribution in [2.24, 2.45) is 0 Å². The molecular formula is C19H22N4O8. The van der Waals surface area contributed by atoms with Crippen LogP contribution >= 0.6 is 0 Å². The SMILES string of the molecule is O=C(NCC(NC(=O)c1cc(CO)nc(CO)c1)C(=O)O)c1cc(CO)nc(CO)c1. The second kappa shape index (κ2) is 11.1. The molecule has 0 saturated heterocycles. The van der Waals surface area contributed by atoms with Crippen molar-refractivity contribution < 1.29 is 39.9 Å². The van der Waals surface area contributed by atoms with E-state index in [9.17, 15) is 39.9 Å². The predicted molar refractivity (Wildman–Crippen MR) is 103 cm³/mol. The Balaban J connectivity index is 2.11. The molecule has 12 nitrogen and oxygen atoms in total. The van der Waals surface area contributed by atoms with Gasteiger partial charge in [-0.2, -0.15) is 0 Å². The predicted octanol–water partition coefficient (Wildman–Crippen LogP) is -1.94. The molecule has 7 N–H and O–H groups in total. The summed E-state index contributed by atoms with van der Waals surface area (Å²) in [5, 5.41) is 50.8. The van der Waals surface area contributed by atoms with Gasteiger partial charge in [-0.15, -0.1) is 0 Å². The summed E-state index contributed by atoms with van der Waals surface area (Å²) in [5.41, 5.74) is 0.569. The minimum Gasteiger partial charge on any atom is -0.480 e. The molecule has 0 aliphatic heterocycles. The van der Waals surface area contributed by atoms with Crippen LogP contribution in [0.3, 0.4) is 0 Å². The van der Waals surface area contributed by atoms with E-state index in [4.69, 9.17) is 0 Å². The zero-order chi connectivity index (χ0) is 23.0. The Morgan fingerprint density at radius 2 is 1.13 bits per heavy atom. The number of aromatic nitrogens is 2. The van der Waals surface area contributed by atoms with Crippen molar-refractivity contribution >= 4 is 17.8 Å². The molecule has 0 aliphatic rings. The minimum atomic E-state index is -1.49. The number of carboxylic acid groups (broad SMARTS) is 1. The lowest BCUT2D eigenvalue weighted by Gasteiger charge is -2.16. The zero-order valence-corrected chi connectivity index (χ0v) is 16.3. The fourth-order valence-corrected chi connectivity index (χ4v) is 2.62. The molecule has 166 valence electrons. The van der Waals surface area contributed by atoms with Gasteiger partial charge < -0.3 is 36.2 Å². The van der Waals surface area contributed by atoms with Crippen LogP contribution in [-0.2, 0) is 31.2 Å². The third-order valence-electron chi connectivity index (χ3n) is 4.11. The van der Waals surface area contributed by atoms with E-state index in [1.54, 1.807) is 0 Å². The summed E-state index contributed by atoms with van der Waals surface area (Å²) in [7, 11) is 0. The second-order valence-corrected chi connectivity index (χ2v) is 6.38. The van der Waals surface area contributed by atoms with Crippen LogP contribution in [0.25, 0.3) is 0 Å². The number of carbonyl (C=O) groups excluding carboxylic acids is 2. The summed E-state index contributed by atoms with van der Waals surface area (Å²) in [5.74, 6) is -2.90. The van der Waals surface area contributed by atoms with Crippen LogP contribution in [0.5, 0.6) is 0 Å². The van der Waals surface area contributed by atoms with Crippen molar-refractivity contribution in [3.63, 3.8) is 0 Å². The summed E-state index contributed by atoms with van der Waals surface area (Å²) in [4.78, 5) is 44.1. The first kappa shape index (κ1) is 23.8. The van der Waals surface area contributed by atoms with E-state index in [-0.39, 0.29) is 33.9 Å². The van der Waals surface area contributed by atoms with Crippen LogP contribution in [0.4, 0.5) is 0 Å². The van der Waals surface area contributed by atoms with Gasteiger partial charge in [0.25, 0.3) is 11.8 Å². The standard InChI is InChI=1S/C19H22N4O8/c24-6-12-1-10(2-13(7-25)21-12)17(28)20-5-16(19(30)31)23-18(29)11-3-14(8-26)22-15(4-11)9-27/h1-4,16,24-27H,5-9H2,(H,20,28)(H,23,29)(H,30,31). The van der Waals surface area contributed by atoms with Crippen LogP contribution in [0.2, 0.25) is 0 Å².